The normalized spacial score (nSPS) is 10.8. The third-order valence-corrected chi connectivity index (χ3v) is 2.44. The molecule has 2 heterocycles. The Hall–Kier alpha value is -2.36. The maximum Gasteiger partial charge on any atom is 0.273 e. The van der Waals surface area contributed by atoms with Crippen molar-refractivity contribution in [1.82, 2.24) is 14.6 Å². The van der Waals surface area contributed by atoms with E-state index in [4.69, 9.17) is 0 Å². The van der Waals surface area contributed by atoms with Gasteiger partial charge in [-0.3, -0.25) is 9.89 Å². The van der Waals surface area contributed by atoms with Gasteiger partial charge in [-0.2, -0.15) is 4.98 Å². The molecule has 0 atom stereocenters. The molecule has 0 saturated heterocycles. The zero-order valence-electron chi connectivity index (χ0n) is 8.42. The third kappa shape index (κ3) is 1.40. The average molecular weight is 211 g/mol. The second-order valence-electron chi connectivity index (χ2n) is 3.53. The van der Waals surface area contributed by atoms with Crippen molar-refractivity contribution in [2.45, 2.75) is 0 Å². The number of hydrogen-bond acceptors (Lipinski definition) is 2. The number of nitrogens with one attached hydrogen (secondary N) is 1. The van der Waals surface area contributed by atoms with Crippen molar-refractivity contribution in [3.05, 3.63) is 59.0 Å². The van der Waals surface area contributed by atoms with E-state index >= 15 is 0 Å². The number of aromatic amines is 1. The van der Waals surface area contributed by atoms with Crippen molar-refractivity contribution in [2.75, 3.05) is 0 Å². The summed E-state index contributed by atoms with van der Waals surface area (Å²) < 4.78 is 1.73. The smallest absolute Gasteiger partial charge is 0.273 e. The van der Waals surface area contributed by atoms with Crippen molar-refractivity contribution < 1.29 is 0 Å². The fourth-order valence-corrected chi connectivity index (χ4v) is 1.67. The lowest BCUT2D eigenvalue weighted by Crippen LogP contribution is -2.05. The summed E-state index contributed by atoms with van der Waals surface area (Å²) in [7, 11) is 0. The predicted octanol–water partition coefficient (Wildman–Crippen LogP) is 1.69. The number of aromatic nitrogens is 3. The summed E-state index contributed by atoms with van der Waals surface area (Å²) in [5.74, 6) is 0. The van der Waals surface area contributed by atoms with E-state index in [0.717, 1.165) is 11.3 Å². The second-order valence-corrected chi connectivity index (χ2v) is 3.53. The molecule has 0 amide bonds. The minimum atomic E-state index is -0.224. The topological polar surface area (TPSA) is 50.2 Å². The van der Waals surface area contributed by atoms with Gasteiger partial charge in [-0.1, -0.05) is 30.3 Å². The Morgan fingerprint density at radius 2 is 1.94 bits per heavy atom. The SMILES string of the molecule is O=c1ccn2[nH]c(-c3ccccc3)cc2n1. The molecule has 3 rings (SSSR count). The highest BCUT2D eigenvalue weighted by Crippen LogP contribution is 2.17. The van der Waals surface area contributed by atoms with Gasteiger partial charge in [0, 0.05) is 18.3 Å². The van der Waals surface area contributed by atoms with E-state index in [-0.39, 0.29) is 5.56 Å². The van der Waals surface area contributed by atoms with Crippen LogP contribution in [-0.4, -0.2) is 14.6 Å². The monoisotopic (exact) mass is 211 g/mol. The zero-order chi connectivity index (χ0) is 11.0. The molecule has 0 aliphatic heterocycles. The molecule has 0 aliphatic carbocycles. The maximum atomic E-state index is 11.1. The van der Waals surface area contributed by atoms with Crippen LogP contribution in [0.2, 0.25) is 0 Å². The quantitative estimate of drug-likeness (QED) is 0.665. The molecule has 0 spiro atoms. The van der Waals surface area contributed by atoms with Crippen molar-refractivity contribution in [3.63, 3.8) is 0 Å². The molecule has 4 nitrogen and oxygen atoms in total. The summed E-state index contributed by atoms with van der Waals surface area (Å²) in [6.45, 7) is 0. The van der Waals surface area contributed by atoms with E-state index in [1.54, 1.807) is 10.7 Å². The zero-order valence-corrected chi connectivity index (χ0v) is 8.42. The lowest BCUT2D eigenvalue weighted by atomic mass is 10.2. The van der Waals surface area contributed by atoms with Crippen LogP contribution in [0.5, 0.6) is 0 Å². The predicted molar refractivity (Wildman–Crippen MR) is 61.2 cm³/mol. The van der Waals surface area contributed by atoms with E-state index in [1.807, 2.05) is 36.4 Å². The molecule has 2 aromatic heterocycles. The van der Waals surface area contributed by atoms with Gasteiger partial charge < -0.3 is 0 Å². The molecule has 0 radical (unpaired) electrons. The lowest BCUT2D eigenvalue weighted by molar-refractivity contribution is 0.934. The van der Waals surface area contributed by atoms with E-state index in [9.17, 15) is 4.79 Å². The molecular formula is C12H9N3O. The fraction of sp³-hybridized carbons (Fsp3) is 0. The van der Waals surface area contributed by atoms with Crippen LogP contribution in [0, 0.1) is 0 Å². The van der Waals surface area contributed by atoms with Gasteiger partial charge >= 0.3 is 0 Å². The average Bonchev–Trinajstić information content (AvgIpc) is 2.73. The Balaban J connectivity index is 2.23. The largest absolute Gasteiger partial charge is 0.292 e. The van der Waals surface area contributed by atoms with Gasteiger partial charge in [0.1, 0.15) is 0 Å². The van der Waals surface area contributed by atoms with Crippen LogP contribution in [-0.2, 0) is 0 Å². The highest BCUT2D eigenvalue weighted by atomic mass is 16.1. The number of hydrogen-bond donors (Lipinski definition) is 1. The van der Waals surface area contributed by atoms with Crippen LogP contribution in [0.1, 0.15) is 0 Å². The van der Waals surface area contributed by atoms with Crippen LogP contribution >= 0.6 is 0 Å². The van der Waals surface area contributed by atoms with Crippen LogP contribution < -0.4 is 5.56 Å². The first-order valence-electron chi connectivity index (χ1n) is 4.97. The molecule has 0 unspecified atom stereocenters. The van der Waals surface area contributed by atoms with Gasteiger partial charge in [0.05, 0.1) is 5.69 Å². The molecule has 1 N–H and O–H groups in total. The van der Waals surface area contributed by atoms with Crippen LogP contribution in [0.25, 0.3) is 16.9 Å². The van der Waals surface area contributed by atoms with Gasteiger partial charge in [0.25, 0.3) is 5.56 Å². The number of rotatable bonds is 1. The van der Waals surface area contributed by atoms with Gasteiger partial charge in [-0.05, 0) is 5.56 Å². The summed E-state index contributed by atoms with van der Waals surface area (Å²) in [5.41, 5.74) is 2.42. The highest BCUT2D eigenvalue weighted by molar-refractivity contribution is 5.63. The highest BCUT2D eigenvalue weighted by Gasteiger charge is 2.02. The van der Waals surface area contributed by atoms with E-state index < -0.39 is 0 Å². The summed E-state index contributed by atoms with van der Waals surface area (Å²) >= 11 is 0. The summed E-state index contributed by atoms with van der Waals surface area (Å²) in [6.07, 6.45) is 1.68. The number of fused-ring (bicyclic) bond motifs is 1. The fourth-order valence-electron chi connectivity index (χ4n) is 1.67. The van der Waals surface area contributed by atoms with Gasteiger partial charge in [0.2, 0.25) is 0 Å². The molecule has 78 valence electrons. The van der Waals surface area contributed by atoms with Crippen molar-refractivity contribution in [2.24, 2.45) is 0 Å². The Kier molecular flexibility index (Phi) is 1.86. The van der Waals surface area contributed by atoms with Crippen molar-refractivity contribution in [3.8, 4) is 11.3 Å². The maximum absolute atomic E-state index is 11.1. The third-order valence-electron chi connectivity index (χ3n) is 2.44. The molecule has 0 aliphatic rings. The van der Waals surface area contributed by atoms with Crippen molar-refractivity contribution >= 4 is 5.65 Å². The number of H-pyrrole nitrogens is 1. The van der Waals surface area contributed by atoms with Gasteiger partial charge in [-0.25, -0.2) is 4.52 Å². The number of nitrogens with zero attached hydrogens (tertiary/aromatic N) is 2. The Morgan fingerprint density at radius 3 is 2.75 bits per heavy atom. The Morgan fingerprint density at radius 1 is 1.12 bits per heavy atom. The molecule has 3 aromatic rings. The van der Waals surface area contributed by atoms with E-state index in [2.05, 4.69) is 10.1 Å². The van der Waals surface area contributed by atoms with Gasteiger partial charge in [-0.15, -0.1) is 0 Å². The van der Waals surface area contributed by atoms with Gasteiger partial charge in [0.15, 0.2) is 5.65 Å². The van der Waals surface area contributed by atoms with E-state index in [1.165, 1.54) is 6.07 Å². The van der Waals surface area contributed by atoms with Crippen LogP contribution in [0.15, 0.2) is 53.5 Å². The van der Waals surface area contributed by atoms with Crippen LogP contribution in [0.3, 0.4) is 0 Å². The summed E-state index contributed by atoms with van der Waals surface area (Å²) in [4.78, 5) is 15.0. The first kappa shape index (κ1) is 8.91. The molecule has 0 saturated carbocycles. The Bertz CT molecular complexity index is 682. The number of benzene rings is 1. The minimum Gasteiger partial charge on any atom is -0.292 e. The standard InChI is InChI=1S/C12H9N3O/c16-12-6-7-15-11(13-12)8-10(14-15)9-4-2-1-3-5-9/h1-8,14H. The second kappa shape index (κ2) is 3.34. The molecule has 16 heavy (non-hydrogen) atoms. The lowest BCUT2D eigenvalue weighted by Gasteiger charge is -1.94. The first-order valence-corrected chi connectivity index (χ1v) is 4.97. The summed E-state index contributed by atoms with van der Waals surface area (Å²) in [6, 6.07) is 13.2. The van der Waals surface area contributed by atoms with Crippen LogP contribution in [0.4, 0.5) is 0 Å². The van der Waals surface area contributed by atoms with E-state index in [0.29, 0.717) is 5.65 Å². The minimum absolute atomic E-state index is 0.224. The first-order chi connectivity index (χ1) is 7.83. The summed E-state index contributed by atoms with van der Waals surface area (Å²) in [5, 5.41) is 3.15. The molecule has 4 heteroatoms. The molecule has 1 aromatic carbocycles. The molecule has 0 fully saturated rings. The van der Waals surface area contributed by atoms with Crippen molar-refractivity contribution in [1.29, 1.82) is 0 Å². The molecule has 0 bridgehead atoms. The molecular weight excluding hydrogens is 202 g/mol. The Labute approximate surface area is 91.2 Å².